The van der Waals surface area contributed by atoms with Crippen LogP contribution in [0.25, 0.3) is 0 Å². The highest BCUT2D eigenvalue weighted by Crippen LogP contribution is 2.33. The number of halogens is 4. The number of amides is 1. The Morgan fingerprint density at radius 2 is 1.58 bits per heavy atom. The average Bonchev–Trinajstić information content (AvgIpc) is 2.68. The second-order valence-corrected chi connectivity index (χ2v) is 11.0. The quantitative estimate of drug-likeness (QED) is 0.408. The number of benzene rings is 2. The third kappa shape index (κ3) is 6.14. The van der Waals surface area contributed by atoms with E-state index in [1.807, 2.05) is 0 Å². The first kappa shape index (κ1) is 26.9. The van der Waals surface area contributed by atoms with Gasteiger partial charge in [0.2, 0.25) is 5.60 Å². The minimum atomic E-state index is -5.26. The fraction of sp³-hybridized carbons (Fsp3) is 0.278. The van der Waals surface area contributed by atoms with Crippen molar-refractivity contribution in [2.75, 3.05) is 22.4 Å². The first-order valence-electron chi connectivity index (χ1n) is 8.88. The Bertz CT molecular complexity index is 1250. The maximum absolute atomic E-state index is 12.8. The van der Waals surface area contributed by atoms with Crippen molar-refractivity contribution in [2.45, 2.75) is 28.5 Å². The van der Waals surface area contributed by atoms with E-state index in [0.29, 0.717) is 0 Å². The molecule has 0 fully saturated rings. The summed E-state index contributed by atoms with van der Waals surface area (Å²) in [5, 5.41) is 19.5. The SMILES string of the molecule is C[C@@](O)(C(=O)Nc1ccc(S(=O)(=O)Nc2ccc(S(=O)(=O)CCO)cc2)cc1Cl)C(F)(F)F. The van der Waals surface area contributed by atoms with Gasteiger partial charge in [-0.2, -0.15) is 13.2 Å². The van der Waals surface area contributed by atoms with Crippen molar-refractivity contribution in [3.63, 3.8) is 0 Å². The number of hydrogen-bond acceptors (Lipinski definition) is 7. The summed E-state index contributed by atoms with van der Waals surface area (Å²) < 4.78 is 89.4. The van der Waals surface area contributed by atoms with Crippen LogP contribution in [-0.4, -0.2) is 57.1 Å². The van der Waals surface area contributed by atoms with Crippen LogP contribution in [0, 0.1) is 0 Å². The minimum Gasteiger partial charge on any atom is -0.395 e. The monoisotopic (exact) mass is 530 g/mol. The molecule has 0 bridgehead atoms. The van der Waals surface area contributed by atoms with Crippen LogP contribution >= 0.6 is 11.6 Å². The number of aliphatic hydroxyl groups is 2. The zero-order valence-electron chi connectivity index (χ0n) is 16.7. The van der Waals surface area contributed by atoms with Crippen LogP contribution in [0.3, 0.4) is 0 Å². The van der Waals surface area contributed by atoms with E-state index in [4.69, 9.17) is 16.7 Å². The number of alkyl halides is 3. The number of carbonyl (C=O) groups is 1. The molecular weight excluding hydrogens is 513 g/mol. The highest BCUT2D eigenvalue weighted by molar-refractivity contribution is 7.92. The summed E-state index contributed by atoms with van der Waals surface area (Å²) in [7, 11) is -7.99. The van der Waals surface area contributed by atoms with Gasteiger partial charge in [-0.25, -0.2) is 16.8 Å². The maximum Gasteiger partial charge on any atom is 0.426 e. The topological polar surface area (TPSA) is 150 Å². The van der Waals surface area contributed by atoms with E-state index in [9.17, 15) is 39.9 Å². The molecule has 4 N–H and O–H groups in total. The molecule has 1 atom stereocenters. The predicted octanol–water partition coefficient (Wildman–Crippen LogP) is 2.16. The number of aliphatic hydroxyl groups excluding tert-OH is 1. The summed E-state index contributed by atoms with van der Waals surface area (Å²) in [4.78, 5) is 11.2. The molecule has 0 heterocycles. The molecule has 0 radical (unpaired) electrons. The van der Waals surface area contributed by atoms with E-state index < -0.39 is 59.8 Å². The fourth-order valence-electron chi connectivity index (χ4n) is 2.32. The van der Waals surface area contributed by atoms with Gasteiger partial charge in [0, 0.05) is 5.69 Å². The molecule has 9 nitrogen and oxygen atoms in total. The van der Waals surface area contributed by atoms with Gasteiger partial charge >= 0.3 is 6.18 Å². The third-order valence-electron chi connectivity index (χ3n) is 4.32. The van der Waals surface area contributed by atoms with Crippen LogP contribution in [-0.2, 0) is 24.7 Å². The van der Waals surface area contributed by atoms with Crippen molar-refractivity contribution in [1.82, 2.24) is 0 Å². The Hall–Kier alpha value is -2.39. The minimum absolute atomic E-state index is 0.00678. The smallest absolute Gasteiger partial charge is 0.395 e. The van der Waals surface area contributed by atoms with Crippen molar-refractivity contribution in [2.24, 2.45) is 0 Å². The summed E-state index contributed by atoms with van der Waals surface area (Å²) in [6, 6.07) is 7.39. The molecule has 0 aliphatic carbocycles. The number of anilines is 2. The van der Waals surface area contributed by atoms with E-state index in [-0.39, 0.29) is 23.2 Å². The maximum atomic E-state index is 12.8. The number of hydrogen-bond donors (Lipinski definition) is 4. The zero-order chi connectivity index (χ0) is 25.2. The molecule has 2 aromatic carbocycles. The zero-order valence-corrected chi connectivity index (χ0v) is 19.1. The van der Waals surface area contributed by atoms with E-state index in [0.717, 1.165) is 30.3 Å². The molecular formula is C18H18ClF3N2O7S2. The van der Waals surface area contributed by atoms with Gasteiger partial charge in [-0.15, -0.1) is 0 Å². The van der Waals surface area contributed by atoms with Crippen LogP contribution in [0.5, 0.6) is 0 Å². The van der Waals surface area contributed by atoms with Crippen LogP contribution < -0.4 is 10.0 Å². The van der Waals surface area contributed by atoms with Crippen molar-refractivity contribution >= 4 is 48.7 Å². The second-order valence-electron chi connectivity index (χ2n) is 6.84. The van der Waals surface area contributed by atoms with Crippen molar-refractivity contribution in [1.29, 1.82) is 0 Å². The predicted molar refractivity (Wildman–Crippen MR) is 113 cm³/mol. The van der Waals surface area contributed by atoms with Crippen molar-refractivity contribution in [3.05, 3.63) is 47.5 Å². The molecule has 15 heteroatoms. The number of carbonyl (C=O) groups excluding carboxylic acids is 1. The lowest BCUT2D eigenvalue weighted by Crippen LogP contribution is -2.52. The number of rotatable bonds is 8. The molecule has 0 saturated heterocycles. The summed E-state index contributed by atoms with van der Waals surface area (Å²) in [6.45, 7) is -0.332. The summed E-state index contributed by atoms with van der Waals surface area (Å²) >= 11 is 5.89. The summed E-state index contributed by atoms with van der Waals surface area (Å²) in [5.41, 5.74) is -4.09. The van der Waals surface area contributed by atoms with E-state index in [2.05, 4.69) is 4.72 Å². The van der Waals surface area contributed by atoms with E-state index in [1.165, 1.54) is 12.1 Å². The van der Waals surface area contributed by atoms with Gasteiger partial charge in [0.1, 0.15) is 0 Å². The molecule has 0 aliphatic rings. The Morgan fingerprint density at radius 1 is 1.03 bits per heavy atom. The van der Waals surface area contributed by atoms with Crippen LogP contribution in [0.15, 0.2) is 52.3 Å². The van der Waals surface area contributed by atoms with Crippen LogP contribution in [0.2, 0.25) is 5.02 Å². The Kier molecular flexibility index (Phi) is 7.70. The summed E-state index contributed by atoms with van der Waals surface area (Å²) in [5.74, 6) is -2.32. The molecule has 1 amide bonds. The Balaban J connectivity index is 2.22. The van der Waals surface area contributed by atoms with Crippen LogP contribution in [0.4, 0.5) is 24.5 Å². The molecule has 0 unspecified atom stereocenters. The molecule has 182 valence electrons. The van der Waals surface area contributed by atoms with E-state index >= 15 is 0 Å². The van der Waals surface area contributed by atoms with Gasteiger partial charge in [0.15, 0.2) is 9.84 Å². The molecule has 33 heavy (non-hydrogen) atoms. The lowest BCUT2D eigenvalue weighted by Gasteiger charge is -2.25. The summed E-state index contributed by atoms with van der Waals surface area (Å²) in [6.07, 6.45) is -5.26. The second kappa shape index (κ2) is 9.46. The normalized spacial score (nSPS) is 14.4. The Labute approximate surface area is 192 Å². The van der Waals surface area contributed by atoms with E-state index in [1.54, 1.807) is 5.32 Å². The van der Waals surface area contributed by atoms with Gasteiger partial charge < -0.3 is 15.5 Å². The fourth-order valence-corrected chi connectivity index (χ4v) is 4.72. The lowest BCUT2D eigenvalue weighted by molar-refractivity contribution is -0.242. The van der Waals surface area contributed by atoms with Gasteiger partial charge in [-0.05, 0) is 49.4 Å². The Morgan fingerprint density at radius 3 is 2.06 bits per heavy atom. The van der Waals surface area contributed by atoms with Crippen molar-refractivity contribution in [3.8, 4) is 0 Å². The van der Waals surface area contributed by atoms with Gasteiger partial charge in [-0.1, -0.05) is 11.6 Å². The molecule has 0 aliphatic heterocycles. The molecule has 0 spiro atoms. The molecule has 2 rings (SSSR count). The highest BCUT2D eigenvalue weighted by Gasteiger charge is 2.55. The van der Waals surface area contributed by atoms with Crippen LogP contribution in [0.1, 0.15) is 6.92 Å². The standard InChI is InChI=1S/C18H18ClF3N2O7S2/c1-17(27,18(20,21)22)16(26)23-15-7-6-13(10-14(15)19)33(30,31)24-11-2-4-12(5-3-11)32(28,29)9-8-25/h2-7,10,24-25,27H,8-9H2,1H3,(H,23,26)/t17-/m1/s1. The average molecular weight is 531 g/mol. The molecule has 0 saturated carbocycles. The first-order chi connectivity index (χ1) is 15.0. The molecule has 2 aromatic rings. The van der Waals surface area contributed by atoms with Gasteiger partial charge in [-0.3, -0.25) is 9.52 Å². The highest BCUT2D eigenvalue weighted by atomic mass is 35.5. The number of nitrogens with one attached hydrogen (secondary N) is 2. The van der Waals surface area contributed by atoms with Gasteiger partial charge in [0.05, 0.1) is 32.9 Å². The molecule has 0 aromatic heterocycles. The first-order valence-corrected chi connectivity index (χ1v) is 12.4. The largest absolute Gasteiger partial charge is 0.426 e. The number of sulfonamides is 1. The number of sulfone groups is 1. The van der Waals surface area contributed by atoms with Crippen molar-refractivity contribution < 1.29 is 45.0 Å². The lowest BCUT2D eigenvalue weighted by atomic mass is 10.1. The van der Waals surface area contributed by atoms with Gasteiger partial charge in [0.25, 0.3) is 15.9 Å². The third-order valence-corrected chi connectivity index (χ3v) is 7.72.